The average Bonchev–Trinajstić information content (AvgIpc) is 2.71. The van der Waals surface area contributed by atoms with Crippen molar-refractivity contribution in [1.82, 2.24) is 19.9 Å². The fourth-order valence-corrected chi connectivity index (χ4v) is 2.06. The SMILES string of the molecule is CNCC(C)CNc1nc2c(Br)cccn2n1. The normalized spacial score (nSPS) is 12.9. The van der Waals surface area contributed by atoms with E-state index in [1.165, 1.54) is 0 Å². The van der Waals surface area contributed by atoms with E-state index in [0.717, 1.165) is 23.2 Å². The molecule has 0 fully saturated rings. The number of nitrogens with one attached hydrogen (secondary N) is 2. The van der Waals surface area contributed by atoms with Crippen LogP contribution in [0.1, 0.15) is 6.92 Å². The lowest BCUT2D eigenvalue weighted by molar-refractivity contribution is 0.568. The van der Waals surface area contributed by atoms with Gasteiger partial charge in [-0.2, -0.15) is 4.98 Å². The van der Waals surface area contributed by atoms with Crippen LogP contribution in [-0.4, -0.2) is 34.7 Å². The van der Waals surface area contributed by atoms with Crippen LogP contribution in [0.25, 0.3) is 5.65 Å². The molecule has 2 heterocycles. The van der Waals surface area contributed by atoms with Crippen LogP contribution in [0.15, 0.2) is 22.8 Å². The Hall–Kier alpha value is -1.14. The molecule has 92 valence electrons. The van der Waals surface area contributed by atoms with E-state index < -0.39 is 0 Å². The Labute approximate surface area is 109 Å². The van der Waals surface area contributed by atoms with E-state index in [1.807, 2.05) is 25.4 Å². The largest absolute Gasteiger partial charge is 0.353 e. The summed E-state index contributed by atoms with van der Waals surface area (Å²) in [7, 11) is 1.96. The second kappa shape index (κ2) is 5.46. The van der Waals surface area contributed by atoms with Crippen LogP contribution in [0.5, 0.6) is 0 Å². The van der Waals surface area contributed by atoms with Crippen LogP contribution in [0.4, 0.5) is 5.95 Å². The molecule has 2 aromatic rings. The second-order valence-corrected chi connectivity index (χ2v) is 4.96. The number of fused-ring (bicyclic) bond motifs is 1. The van der Waals surface area contributed by atoms with Crippen molar-refractivity contribution in [2.45, 2.75) is 6.92 Å². The molecule has 0 aromatic carbocycles. The summed E-state index contributed by atoms with van der Waals surface area (Å²) >= 11 is 3.45. The number of halogens is 1. The van der Waals surface area contributed by atoms with Gasteiger partial charge in [-0.1, -0.05) is 6.92 Å². The Kier molecular flexibility index (Phi) is 3.96. The maximum absolute atomic E-state index is 4.42. The van der Waals surface area contributed by atoms with E-state index in [2.05, 4.69) is 43.6 Å². The van der Waals surface area contributed by atoms with Crippen molar-refractivity contribution in [3.8, 4) is 0 Å². The molecule has 0 spiro atoms. The summed E-state index contributed by atoms with van der Waals surface area (Å²) in [5.74, 6) is 1.20. The molecule has 0 aliphatic rings. The Morgan fingerprint density at radius 1 is 1.47 bits per heavy atom. The van der Waals surface area contributed by atoms with Crippen LogP contribution in [0.2, 0.25) is 0 Å². The summed E-state index contributed by atoms with van der Waals surface area (Å²) in [5, 5.41) is 10.7. The smallest absolute Gasteiger partial charge is 0.243 e. The van der Waals surface area contributed by atoms with Crippen molar-refractivity contribution in [2.75, 3.05) is 25.5 Å². The standard InChI is InChI=1S/C11H16BrN5/c1-8(6-13-2)7-14-11-15-10-9(12)4-3-5-17(10)16-11/h3-5,8,13H,6-7H2,1-2H3,(H,14,16). The third-order valence-corrected chi connectivity index (χ3v) is 3.09. The number of nitrogens with zero attached hydrogens (tertiary/aromatic N) is 3. The molecule has 1 atom stereocenters. The first kappa shape index (κ1) is 12.3. The topological polar surface area (TPSA) is 54.2 Å². The Morgan fingerprint density at radius 2 is 2.29 bits per heavy atom. The molecule has 6 heteroatoms. The van der Waals surface area contributed by atoms with Crippen LogP contribution < -0.4 is 10.6 Å². The number of aromatic nitrogens is 3. The summed E-state index contributed by atoms with van der Waals surface area (Å²) in [6.45, 7) is 4.01. The van der Waals surface area contributed by atoms with E-state index in [0.29, 0.717) is 11.9 Å². The summed E-state index contributed by atoms with van der Waals surface area (Å²) in [6, 6.07) is 3.89. The Balaban J connectivity index is 2.07. The number of anilines is 1. The van der Waals surface area contributed by atoms with Gasteiger partial charge in [-0.05, 0) is 47.6 Å². The predicted molar refractivity (Wildman–Crippen MR) is 72.3 cm³/mol. The lowest BCUT2D eigenvalue weighted by Crippen LogP contribution is -2.23. The first-order valence-corrected chi connectivity index (χ1v) is 6.39. The van der Waals surface area contributed by atoms with Gasteiger partial charge in [-0.15, -0.1) is 5.10 Å². The van der Waals surface area contributed by atoms with Crippen LogP contribution in [-0.2, 0) is 0 Å². The molecule has 0 bridgehead atoms. The van der Waals surface area contributed by atoms with Gasteiger partial charge >= 0.3 is 0 Å². The van der Waals surface area contributed by atoms with E-state index >= 15 is 0 Å². The maximum atomic E-state index is 4.42. The van der Waals surface area contributed by atoms with Gasteiger partial charge < -0.3 is 10.6 Å². The minimum Gasteiger partial charge on any atom is -0.353 e. The first-order chi connectivity index (χ1) is 8.20. The van der Waals surface area contributed by atoms with Crippen molar-refractivity contribution >= 4 is 27.5 Å². The van der Waals surface area contributed by atoms with Crippen LogP contribution in [0.3, 0.4) is 0 Å². The number of pyridine rings is 1. The van der Waals surface area contributed by atoms with Gasteiger partial charge in [-0.25, -0.2) is 4.52 Å². The third-order valence-electron chi connectivity index (χ3n) is 2.48. The molecule has 0 saturated carbocycles. The highest BCUT2D eigenvalue weighted by Crippen LogP contribution is 2.16. The summed E-state index contributed by atoms with van der Waals surface area (Å²) in [5.41, 5.74) is 0.830. The Bertz CT molecular complexity index is 496. The summed E-state index contributed by atoms with van der Waals surface area (Å²) < 4.78 is 2.71. The van der Waals surface area contributed by atoms with Crippen molar-refractivity contribution in [3.05, 3.63) is 22.8 Å². The predicted octanol–water partition coefficient (Wildman–Crippen LogP) is 1.76. The molecule has 0 saturated heterocycles. The van der Waals surface area contributed by atoms with E-state index in [1.54, 1.807) is 4.52 Å². The van der Waals surface area contributed by atoms with E-state index in [-0.39, 0.29) is 0 Å². The van der Waals surface area contributed by atoms with Gasteiger partial charge in [0.05, 0.1) is 4.47 Å². The lowest BCUT2D eigenvalue weighted by Gasteiger charge is -2.09. The molecular weight excluding hydrogens is 282 g/mol. The van der Waals surface area contributed by atoms with Crippen molar-refractivity contribution in [3.63, 3.8) is 0 Å². The van der Waals surface area contributed by atoms with Crippen molar-refractivity contribution in [2.24, 2.45) is 5.92 Å². The highest BCUT2D eigenvalue weighted by atomic mass is 79.9. The fourth-order valence-electron chi connectivity index (χ4n) is 1.63. The molecule has 0 aliphatic heterocycles. The molecule has 2 N–H and O–H groups in total. The highest BCUT2D eigenvalue weighted by Gasteiger charge is 2.07. The van der Waals surface area contributed by atoms with Crippen LogP contribution in [0, 0.1) is 5.92 Å². The van der Waals surface area contributed by atoms with Crippen molar-refractivity contribution in [1.29, 1.82) is 0 Å². The number of rotatable bonds is 5. The van der Waals surface area contributed by atoms with E-state index in [4.69, 9.17) is 0 Å². The average molecular weight is 298 g/mol. The zero-order chi connectivity index (χ0) is 12.3. The lowest BCUT2D eigenvalue weighted by atomic mass is 10.2. The summed E-state index contributed by atoms with van der Waals surface area (Å²) in [6.07, 6.45) is 1.88. The molecule has 5 nitrogen and oxygen atoms in total. The van der Waals surface area contributed by atoms with Gasteiger partial charge in [0.1, 0.15) is 0 Å². The number of hydrogen-bond donors (Lipinski definition) is 2. The quantitative estimate of drug-likeness (QED) is 0.883. The van der Waals surface area contributed by atoms with Gasteiger partial charge in [0.25, 0.3) is 0 Å². The molecule has 1 unspecified atom stereocenters. The monoisotopic (exact) mass is 297 g/mol. The summed E-state index contributed by atoms with van der Waals surface area (Å²) in [4.78, 5) is 4.42. The fraction of sp³-hybridized carbons (Fsp3) is 0.455. The minimum atomic E-state index is 0.537. The first-order valence-electron chi connectivity index (χ1n) is 5.60. The zero-order valence-electron chi connectivity index (χ0n) is 9.94. The van der Waals surface area contributed by atoms with Gasteiger partial charge in [0.15, 0.2) is 5.65 Å². The third kappa shape index (κ3) is 2.95. The van der Waals surface area contributed by atoms with Crippen LogP contribution >= 0.6 is 15.9 Å². The molecule has 0 amide bonds. The Morgan fingerprint density at radius 3 is 3.00 bits per heavy atom. The maximum Gasteiger partial charge on any atom is 0.243 e. The van der Waals surface area contributed by atoms with E-state index in [9.17, 15) is 0 Å². The zero-order valence-corrected chi connectivity index (χ0v) is 11.5. The molecule has 2 aromatic heterocycles. The number of hydrogen-bond acceptors (Lipinski definition) is 4. The molecular formula is C11H16BrN5. The van der Waals surface area contributed by atoms with Crippen molar-refractivity contribution < 1.29 is 0 Å². The highest BCUT2D eigenvalue weighted by molar-refractivity contribution is 9.10. The van der Waals surface area contributed by atoms with Gasteiger partial charge in [0, 0.05) is 12.7 Å². The molecule has 2 rings (SSSR count). The molecule has 0 radical (unpaired) electrons. The minimum absolute atomic E-state index is 0.537. The molecule has 0 aliphatic carbocycles. The second-order valence-electron chi connectivity index (χ2n) is 4.10. The van der Waals surface area contributed by atoms with Gasteiger partial charge in [-0.3, -0.25) is 0 Å². The van der Waals surface area contributed by atoms with Gasteiger partial charge in [0.2, 0.25) is 5.95 Å². The molecule has 17 heavy (non-hydrogen) atoms.